The first kappa shape index (κ1) is 27.5. The standard InChI is InChI=1S/C28H36ClN9O3/c1-3-35-11-10-34(2)26-14-24(36-15-19(16-36)32-30)31-25-13-21(33-38(25)26)22-6-4-5-9-37(22)28(40)20-12-18(29)7-8-23(20)41-17-27(35)39/h12-14,19,22,30H,3-11,15-17H2,1-2H3. The number of likely N-dealkylation sites (N-methyl/N-ethyl adjacent to an activating group) is 2. The highest BCUT2D eigenvalue weighted by Gasteiger charge is 2.35. The van der Waals surface area contributed by atoms with E-state index >= 15 is 0 Å². The number of amides is 2. The van der Waals surface area contributed by atoms with Gasteiger partial charge in [-0.15, -0.1) is 0 Å². The number of hydrogen-bond acceptors (Lipinski definition) is 9. The van der Waals surface area contributed by atoms with Crippen LogP contribution in [0.4, 0.5) is 11.6 Å². The van der Waals surface area contributed by atoms with Crippen LogP contribution >= 0.6 is 11.6 Å². The van der Waals surface area contributed by atoms with E-state index in [-0.39, 0.29) is 30.5 Å². The number of fused-ring (bicyclic) bond motifs is 3. The lowest BCUT2D eigenvalue weighted by Gasteiger charge is -2.37. The molecule has 1 aliphatic carbocycles. The number of hydrogen-bond donors (Lipinski definition) is 1. The number of halogens is 1. The van der Waals surface area contributed by atoms with Crippen molar-refractivity contribution < 1.29 is 14.3 Å². The van der Waals surface area contributed by atoms with E-state index in [1.807, 2.05) is 35.5 Å². The monoisotopic (exact) mass is 581 g/mol. The molecule has 2 amide bonds. The Labute approximate surface area is 244 Å². The molecule has 12 nitrogen and oxygen atoms in total. The molecule has 0 saturated carbocycles. The number of anilines is 2. The van der Waals surface area contributed by atoms with Gasteiger partial charge in [-0.25, -0.2) is 10.5 Å². The Balaban J connectivity index is 1.46. The number of rotatable bonds is 3. The smallest absolute Gasteiger partial charge is 0.260 e. The zero-order valence-electron chi connectivity index (χ0n) is 23.6. The van der Waals surface area contributed by atoms with E-state index in [4.69, 9.17) is 32.0 Å². The minimum Gasteiger partial charge on any atom is -0.487 e. The Morgan fingerprint density at radius 2 is 1.98 bits per heavy atom. The Bertz CT molecular complexity index is 1430. The molecule has 2 fully saturated rings. The third-order valence-corrected chi connectivity index (χ3v) is 8.81. The maximum absolute atomic E-state index is 14.1. The molecule has 0 radical (unpaired) electrons. The van der Waals surface area contributed by atoms with Crippen molar-refractivity contribution in [2.24, 2.45) is 5.11 Å². The molecule has 2 bridgehead atoms. The van der Waals surface area contributed by atoms with Crippen molar-refractivity contribution in [3.05, 3.63) is 40.3 Å². The summed E-state index contributed by atoms with van der Waals surface area (Å²) in [7, 11) is 1.99. The molecule has 218 valence electrons. The van der Waals surface area contributed by atoms with Crippen LogP contribution in [0.15, 0.2) is 39.7 Å². The fourth-order valence-corrected chi connectivity index (χ4v) is 6.22. The van der Waals surface area contributed by atoms with E-state index in [0.29, 0.717) is 74.1 Å². The van der Waals surface area contributed by atoms with E-state index in [0.717, 1.165) is 36.6 Å². The minimum absolute atomic E-state index is 0.0150. The van der Waals surface area contributed by atoms with E-state index < -0.39 is 0 Å². The van der Waals surface area contributed by atoms with Gasteiger partial charge in [0.15, 0.2) is 12.3 Å². The molecule has 2 aromatic heterocycles. The Morgan fingerprint density at radius 3 is 2.76 bits per heavy atom. The summed E-state index contributed by atoms with van der Waals surface area (Å²) in [6.07, 6.45) is 5.43. The molecule has 3 aliphatic heterocycles. The highest BCUT2D eigenvalue weighted by Crippen LogP contribution is 2.36. The van der Waals surface area contributed by atoms with Gasteiger partial charge in [0.05, 0.1) is 17.3 Å². The molecule has 2 saturated heterocycles. The third-order valence-electron chi connectivity index (χ3n) is 8.51. The molecule has 1 unspecified atom stereocenters. The van der Waals surface area contributed by atoms with E-state index in [9.17, 15) is 9.59 Å². The van der Waals surface area contributed by atoms with Gasteiger partial charge in [0.2, 0.25) is 0 Å². The second-order valence-corrected chi connectivity index (χ2v) is 11.6. The summed E-state index contributed by atoms with van der Waals surface area (Å²) in [6, 6.07) is 3.75. The molecule has 13 heteroatoms. The number of ether oxygens (including phenoxy) is 1. The van der Waals surface area contributed by atoms with Crippen LogP contribution in [0.5, 0.6) is 0 Å². The molecule has 4 aliphatic rings. The minimum atomic E-state index is -0.219. The van der Waals surface area contributed by atoms with Crippen molar-refractivity contribution in [2.45, 2.75) is 51.1 Å². The molecular formula is C28H36ClN9O3. The van der Waals surface area contributed by atoms with Crippen LogP contribution in [-0.2, 0) is 14.3 Å². The van der Waals surface area contributed by atoms with Crippen LogP contribution in [-0.4, -0.2) is 95.2 Å². The maximum atomic E-state index is 14.1. The first-order valence-corrected chi connectivity index (χ1v) is 14.8. The average molecular weight is 582 g/mol. The summed E-state index contributed by atoms with van der Waals surface area (Å²) in [5, 5.41) is 9.29. The molecule has 1 atom stereocenters. The van der Waals surface area contributed by atoms with Crippen molar-refractivity contribution >= 4 is 40.7 Å². The Hall–Kier alpha value is -3.67. The highest BCUT2D eigenvalue weighted by atomic mass is 35.5. The lowest BCUT2D eigenvalue weighted by molar-refractivity contribution is -0.135. The summed E-state index contributed by atoms with van der Waals surface area (Å²) < 4.78 is 7.89. The van der Waals surface area contributed by atoms with Crippen molar-refractivity contribution in [2.75, 3.05) is 62.7 Å². The van der Waals surface area contributed by atoms with Gasteiger partial charge in [0.25, 0.3) is 11.8 Å². The van der Waals surface area contributed by atoms with Crippen molar-refractivity contribution in [3.8, 4) is 0 Å². The average Bonchev–Trinajstić information content (AvgIpc) is 3.39. The van der Waals surface area contributed by atoms with Gasteiger partial charge in [-0.05, 0) is 38.7 Å². The van der Waals surface area contributed by atoms with Crippen LogP contribution in [0.1, 0.15) is 50.8 Å². The van der Waals surface area contributed by atoms with Crippen molar-refractivity contribution in [1.82, 2.24) is 24.4 Å². The number of allylic oxidation sites excluding steroid dienone is 2. The maximum Gasteiger partial charge on any atom is 0.260 e. The summed E-state index contributed by atoms with van der Waals surface area (Å²) in [5.41, 5.74) is 9.26. The first-order valence-electron chi connectivity index (χ1n) is 14.4. The molecule has 1 N–H and O–H groups in total. The number of nitrogens with one attached hydrogen (secondary N) is 1. The molecule has 0 aromatic carbocycles. The number of aromatic nitrogens is 3. The molecule has 0 spiro atoms. The normalized spacial score (nSPS) is 22.9. The van der Waals surface area contributed by atoms with Crippen molar-refractivity contribution in [3.63, 3.8) is 0 Å². The number of carbonyl (C=O) groups is 2. The van der Waals surface area contributed by atoms with Gasteiger partial charge in [-0.2, -0.15) is 14.7 Å². The fourth-order valence-electron chi connectivity index (χ4n) is 6.01. The molecule has 6 rings (SSSR count). The fraction of sp³-hybridized carbons (Fsp3) is 0.571. The highest BCUT2D eigenvalue weighted by molar-refractivity contribution is 6.30. The van der Waals surface area contributed by atoms with Crippen LogP contribution in [0.3, 0.4) is 0 Å². The summed E-state index contributed by atoms with van der Waals surface area (Å²) in [5.74, 6) is 1.89. The second-order valence-electron chi connectivity index (χ2n) is 11.1. The van der Waals surface area contributed by atoms with Gasteiger partial charge in [-0.1, -0.05) is 11.6 Å². The van der Waals surface area contributed by atoms with Crippen LogP contribution in [0, 0.1) is 5.53 Å². The Morgan fingerprint density at radius 1 is 1.15 bits per heavy atom. The van der Waals surface area contributed by atoms with Gasteiger partial charge < -0.3 is 24.3 Å². The number of carbonyl (C=O) groups excluding carboxylic acids is 2. The van der Waals surface area contributed by atoms with Gasteiger partial charge in [-0.3, -0.25) is 9.59 Å². The topological polar surface area (TPSA) is 123 Å². The molecule has 2 aromatic rings. The number of piperidine rings is 1. The largest absolute Gasteiger partial charge is 0.487 e. The molecular weight excluding hydrogens is 546 g/mol. The predicted octanol–water partition coefficient (Wildman–Crippen LogP) is 3.49. The second kappa shape index (κ2) is 11.3. The van der Waals surface area contributed by atoms with E-state index in [1.165, 1.54) is 0 Å². The van der Waals surface area contributed by atoms with Crippen LogP contribution < -0.4 is 9.80 Å². The zero-order valence-corrected chi connectivity index (χ0v) is 24.3. The summed E-state index contributed by atoms with van der Waals surface area (Å²) in [4.78, 5) is 40.0. The van der Waals surface area contributed by atoms with Gasteiger partial charge in [0.1, 0.15) is 23.4 Å². The Kier molecular flexibility index (Phi) is 7.58. The lowest BCUT2D eigenvalue weighted by atomic mass is 9.96. The van der Waals surface area contributed by atoms with Crippen molar-refractivity contribution in [1.29, 1.82) is 5.53 Å². The lowest BCUT2D eigenvalue weighted by Crippen LogP contribution is -2.50. The summed E-state index contributed by atoms with van der Waals surface area (Å²) in [6.45, 7) is 5.33. The molecule has 5 heterocycles. The van der Waals surface area contributed by atoms with Crippen LogP contribution in [0.2, 0.25) is 0 Å². The summed E-state index contributed by atoms with van der Waals surface area (Å²) >= 11 is 6.42. The van der Waals surface area contributed by atoms with E-state index in [1.54, 1.807) is 11.0 Å². The quantitative estimate of drug-likeness (QED) is 0.550. The van der Waals surface area contributed by atoms with E-state index in [2.05, 4.69) is 14.9 Å². The third kappa shape index (κ3) is 5.25. The van der Waals surface area contributed by atoms with Gasteiger partial charge >= 0.3 is 0 Å². The van der Waals surface area contributed by atoms with Gasteiger partial charge in [0, 0.05) is 69.9 Å². The first-order chi connectivity index (χ1) is 19.9. The SMILES string of the molecule is CCN1CCN(C)c2cc(N3CC(N=N)C3)nc3cc(nn23)C2CCCCN2C(=O)C2=C(CCC(Cl)=C2)OCC1=O. The zero-order chi connectivity index (χ0) is 28.7. The predicted molar refractivity (Wildman–Crippen MR) is 154 cm³/mol. The van der Waals surface area contributed by atoms with Crippen LogP contribution in [0.25, 0.3) is 5.65 Å². The molecule has 41 heavy (non-hydrogen) atoms. The number of nitrogens with zero attached hydrogens (tertiary/aromatic N) is 8.